The Morgan fingerprint density at radius 2 is 1.95 bits per heavy atom. The van der Waals surface area contributed by atoms with Crippen LogP contribution < -0.4 is 10.1 Å². The summed E-state index contributed by atoms with van der Waals surface area (Å²) < 4.78 is 5.37. The van der Waals surface area contributed by atoms with E-state index in [0.29, 0.717) is 0 Å². The lowest BCUT2D eigenvalue weighted by molar-refractivity contribution is 0.102. The van der Waals surface area contributed by atoms with Crippen LogP contribution in [-0.4, -0.2) is 23.0 Å². The van der Waals surface area contributed by atoms with Crippen molar-refractivity contribution in [2.45, 2.75) is 20.8 Å². The van der Waals surface area contributed by atoms with E-state index in [1.54, 1.807) is 7.11 Å². The molecule has 1 aromatic carbocycles. The van der Waals surface area contributed by atoms with Gasteiger partial charge in [0.2, 0.25) is 0 Å². The largest absolute Gasteiger partial charge is 0.496 e. The SMILES string of the molecule is COc1c(C)cc(NC(=O)c2cnccn2)c(C)c1C. The van der Waals surface area contributed by atoms with Gasteiger partial charge in [0.25, 0.3) is 5.91 Å². The van der Waals surface area contributed by atoms with Gasteiger partial charge in [-0.05, 0) is 43.5 Å². The van der Waals surface area contributed by atoms with E-state index in [2.05, 4.69) is 15.3 Å². The molecule has 0 aliphatic carbocycles. The third-order valence-electron chi connectivity index (χ3n) is 3.27. The smallest absolute Gasteiger partial charge is 0.275 e. The first-order valence-corrected chi connectivity index (χ1v) is 6.26. The molecule has 20 heavy (non-hydrogen) atoms. The van der Waals surface area contributed by atoms with Crippen LogP contribution in [0.4, 0.5) is 5.69 Å². The standard InChI is InChI=1S/C15H17N3O2/c1-9-7-12(10(2)11(3)14(9)20-4)18-15(19)13-8-16-5-6-17-13/h5-8H,1-4H3,(H,18,19). The number of methoxy groups -OCH3 is 1. The second-order valence-corrected chi connectivity index (χ2v) is 4.57. The first-order chi connectivity index (χ1) is 9.54. The van der Waals surface area contributed by atoms with Gasteiger partial charge in [0.15, 0.2) is 0 Å². The van der Waals surface area contributed by atoms with Crippen molar-refractivity contribution >= 4 is 11.6 Å². The third kappa shape index (κ3) is 2.61. The number of carbonyl (C=O) groups excluding carboxylic acids is 1. The summed E-state index contributed by atoms with van der Waals surface area (Å²) >= 11 is 0. The summed E-state index contributed by atoms with van der Waals surface area (Å²) in [4.78, 5) is 20.0. The van der Waals surface area contributed by atoms with Crippen molar-refractivity contribution in [1.82, 2.24) is 9.97 Å². The number of aryl methyl sites for hydroxylation is 1. The number of nitrogens with zero attached hydrogens (tertiary/aromatic N) is 2. The van der Waals surface area contributed by atoms with Crippen LogP contribution in [0.3, 0.4) is 0 Å². The predicted octanol–water partition coefficient (Wildman–Crippen LogP) is 2.66. The van der Waals surface area contributed by atoms with E-state index in [4.69, 9.17) is 4.74 Å². The maximum absolute atomic E-state index is 12.1. The van der Waals surface area contributed by atoms with E-state index >= 15 is 0 Å². The highest BCUT2D eigenvalue weighted by molar-refractivity contribution is 6.03. The molecular formula is C15H17N3O2. The van der Waals surface area contributed by atoms with Gasteiger partial charge in [0, 0.05) is 18.1 Å². The van der Waals surface area contributed by atoms with Crippen molar-refractivity contribution in [3.63, 3.8) is 0 Å². The summed E-state index contributed by atoms with van der Waals surface area (Å²) in [5.41, 5.74) is 4.02. The second-order valence-electron chi connectivity index (χ2n) is 4.57. The Hall–Kier alpha value is -2.43. The number of hydrogen-bond donors (Lipinski definition) is 1. The molecule has 0 radical (unpaired) electrons. The lowest BCUT2D eigenvalue weighted by atomic mass is 10.0. The van der Waals surface area contributed by atoms with Crippen LogP contribution >= 0.6 is 0 Å². The van der Waals surface area contributed by atoms with Gasteiger partial charge in [-0.3, -0.25) is 9.78 Å². The van der Waals surface area contributed by atoms with E-state index in [9.17, 15) is 4.79 Å². The number of nitrogens with one attached hydrogen (secondary N) is 1. The number of hydrogen-bond acceptors (Lipinski definition) is 4. The lowest BCUT2D eigenvalue weighted by Gasteiger charge is -2.16. The zero-order chi connectivity index (χ0) is 14.7. The zero-order valence-electron chi connectivity index (χ0n) is 12.0. The van der Waals surface area contributed by atoms with Gasteiger partial charge in [0.1, 0.15) is 11.4 Å². The maximum Gasteiger partial charge on any atom is 0.275 e. The van der Waals surface area contributed by atoms with Crippen LogP contribution in [0.1, 0.15) is 27.2 Å². The number of carbonyl (C=O) groups is 1. The summed E-state index contributed by atoms with van der Waals surface area (Å²) in [7, 11) is 1.65. The molecule has 1 heterocycles. The Kier molecular flexibility index (Phi) is 3.98. The molecule has 2 rings (SSSR count). The third-order valence-corrected chi connectivity index (χ3v) is 3.27. The Balaban J connectivity index is 2.33. The summed E-state index contributed by atoms with van der Waals surface area (Å²) in [5, 5.41) is 2.86. The molecule has 0 bridgehead atoms. The first kappa shape index (κ1) is 14.0. The molecule has 1 aromatic heterocycles. The van der Waals surface area contributed by atoms with Crippen molar-refractivity contribution in [2.75, 3.05) is 12.4 Å². The van der Waals surface area contributed by atoms with Gasteiger partial charge in [0.05, 0.1) is 13.3 Å². The summed E-state index contributed by atoms with van der Waals surface area (Å²) in [6, 6.07) is 1.90. The molecule has 0 unspecified atom stereocenters. The molecule has 2 aromatic rings. The second kappa shape index (κ2) is 5.69. The van der Waals surface area contributed by atoms with Crippen molar-refractivity contribution in [3.05, 3.63) is 47.0 Å². The Labute approximate surface area is 118 Å². The summed E-state index contributed by atoms with van der Waals surface area (Å²) in [5.74, 6) is 0.574. The van der Waals surface area contributed by atoms with Crippen LogP contribution in [-0.2, 0) is 0 Å². The Morgan fingerprint density at radius 3 is 2.55 bits per heavy atom. The van der Waals surface area contributed by atoms with Gasteiger partial charge in [-0.1, -0.05) is 0 Å². The average molecular weight is 271 g/mol. The predicted molar refractivity (Wildman–Crippen MR) is 77.2 cm³/mol. The summed E-state index contributed by atoms with van der Waals surface area (Å²) in [6.45, 7) is 5.87. The molecule has 0 atom stereocenters. The first-order valence-electron chi connectivity index (χ1n) is 6.26. The van der Waals surface area contributed by atoms with Gasteiger partial charge in [-0.15, -0.1) is 0 Å². The average Bonchev–Trinajstić information content (AvgIpc) is 2.46. The van der Waals surface area contributed by atoms with E-state index in [0.717, 1.165) is 28.1 Å². The number of rotatable bonds is 3. The number of aromatic nitrogens is 2. The van der Waals surface area contributed by atoms with E-state index in [1.165, 1.54) is 18.6 Å². The van der Waals surface area contributed by atoms with Gasteiger partial charge in [-0.2, -0.15) is 0 Å². The molecule has 0 aliphatic rings. The van der Waals surface area contributed by atoms with Gasteiger partial charge in [-0.25, -0.2) is 4.98 Å². The van der Waals surface area contributed by atoms with Crippen LogP contribution in [0.15, 0.2) is 24.7 Å². The highest BCUT2D eigenvalue weighted by Crippen LogP contribution is 2.31. The molecule has 5 nitrogen and oxygen atoms in total. The Bertz CT molecular complexity index is 639. The topological polar surface area (TPSA) is 64.1 Å². The molecule has 0 saturated heterocycles. The molecule has 0 fully saturated rings. The van der Waals surface area contributed by atoms with Crippen LogP contribution in [0.25, 0.3) is 0 Å². The minimum atomic E-state index is -0.273. The fourth-order valence-corrected chi connectivity index (χ4v) is 2.10. The highest BCUT2D eigenvalue weighted by Gasteiger charge is 2.14. The molecule has 1 amide bonds. The number of amides is 1. The number of ether oxygens (including phenoxy) is 1. The zero-order valence-corrected chi connectivity index (χ0v) is 12.0. The van der Waals surface area contributed by atoms with E-state index in [1.807, 2.05) is 26.8 Å². The molecule has 104 valence electrons. The maximum atomic E-state index is 12.1. The number of benzene rings is 1. The van der Waals surface area contributed by atoms with Crippen LogP contribution in [0.2, 0.25) is 0 Å². The molecule has 1 N–H and O–H groups in total. The van der Waals surface area contributed by atoms with E-state index in [-0.39, 0.29) is 11.6 Å². The lowest BCUT2D eigenvalue weighted by Crippen LogP contribution is -2.15. The fraction of sp³-hybridized carbons (Fsp3) is 0.267. The quantitative estimate of drug-likeness (QED) is 0.932. The fourth-order valence-electron chi connectivity index (χ4n) is 2.10. The van der Waals surface area contributed by atoms with Crippen molar-refractivity contribution < 1.29 is 9.53 Å². The molecular weight excluding hydrogens is 254 g/mol. The molecule has 5 heteroatoms. The van der Waals surface area contributed by atoms with Gasteiger partial charge >= 0.3 is 0 Å². The minimum Gasteiger partial charge on any atom is -0.496 e. The highest BCUT2D eigenvalue weighted by atomic mass is 16.5. The normalized spacial score (nSPS) is 10.2. The van der Waals surface area contributed by atoms with Crippen LogP contribution in [0.5, 0.6) is 5.75 Å². The summed E-state index contributed by atoms with van der Waals surface area (Å²) in [6.07, 6.45) is 4.46. The molecule has 0 aliphatic heterocycles. The van der Waals surface area contributed by atoms with Crippen molar-refractivity contribution in [1.29, 1.82) is 0 Å². The Morgan fingerprint density at radius 1 is 1.20 bits per heavy atom. The van der Waals surface area contributed by atoms with Crippen molar-refractivity contribution in [3.8, 4) is 5.75 Å². The molecule has 0 saturated carbocycles. The number of anilines is 1. The van der Waals surface area contributed by atoms with E-state index < -0.39 is 0 Å². The molecule has 0 spiro atoms. The minimum absolute atomic E-state index is 0.273. The van der Waals surface area contributed by atoms with Crippen LogP contribution in [0, 0.1) is 20.8 Å². The van der Waals surface area contributed by atoms with Gasteiger partial charge < -0.3 is 10.1 Å². The van der Waals surface area contributed by atoms with Crippen molar-refractivity contribution in [2.24, 2.45) is 0 Å². The monoisotopic (exact) mass is 271 g/mol.